The Labute approximate surface area is 282 Å². The topological polar surface area (TPSA) is 73.8 Å². The second-order valence-electron chi connectivity index (χ2n) is 10.7. The molecular weight excluding hydrogens is 633 g/mol. The fraction of sp³-hybridized carbons (Fsp3) is 1.00. The minimum absolute atomic E-state index is 0.480. The summed E-state index contributed by atoms with van der Waals surface area (Å²) in [5, 5.41) is 0. The molecule has 0 rings (SSSR count). The zero-order valence-electron chi connectivity index (χ0n) is 30.2. The van der Waals surface area contributed by atoms with Gasteiger partial charge in [0.2, 0.25) is 0 Å². The summed E-state index contributed by atoms with van der Waals surface area (Å²) in [5.41, 5.74) is 0. The summed E-state index contributed by atoms with van der Waals surface area (Å²) in [6.45, 7) is 25.0. The summed E-state index contributed by atoms with van der Waals surface area (Å²) >= 11 is 0. The van der Waals surface area contributed by atoms with Crippen LogP contribution in [0.4, 0.5) is 0 Å². The highest BCUT2D eigenvalue weighted by Crippen LogP contribution is 2.56. The van der Waals surface area contributed by atoms with Crippen LogP contribution in [0.15, 0.2) is 0 Å². The summed E-state index contributed by atoms with van der Waals surface area (Å²) in [7, 11) is -3.47. The SMILES string of the molecule is CCCCCOC(CCCC)(SSC(CCCC)(OCCCCC)[Si](OCC)(OCC)OCC)[Si](OCC)(OCC)OCC. The van der Waals surface area contributed by atoms with Gasteiger partial charge in [-0.05, 0) is 80.1 Å². The van der Waals surface area contributed by atoms with Crippen LogP contribution >= 0.6 is 21.6 Å². The lowest BCUT2D eigenvalue weighted by atomic mass is 10.2. The number of ether oxygens (including phenoxy) is 2. The molecule has 0 aliphatic carbocycles. The van der Waals surface area contributed by atoms with Crippen LogP contribution in [0.2, 0.25) is 0 Å². The van der Waals surface area contributed by atoms with E-state index in [0.717, 1.165) is 77.0 Å². The molecule has 2 unspecified atom stereocenters. The lowest BCUT2D eigenvalue weighted by molar-refractivity contribution is -0.0327. The Morgan fingerprint density at radius 1 is 0.386 bits per heavy atom. The lowest BCUT2D eigenvalue weighted by Gasteiger charge is -2.48. The molecule has 0 aromatic heterocycles. The Hall–Kier alpha value is 0.814. The van der Waals surface area contributed by atoms with Crippen molar-refractivity contribution in [1.82, 2.24) is 0 Å². The van der Waals surface area contributed by atoms with Crippen molar-refractivity contribution < 1.29 is 36.0 Å². The van der Waals surface area contributed by atoms with Crippen molar-refractivity contribution in [2.24, 2.45) is 0 Å². The standard InChI is InChI=1S/C32H70O8S2Si2/c1-11-21-25-29-33-31(27-23-13-3,43(35-15-5,36-16-6)37-17-7)41-42-32(28-24-14-4,34-30-26-22-12-2)44(38-18-8,39-19-9)40-20-10/h11-30H2,1-10H3. The van der Waals surface area contributed by atoms with Gasteiger partial charge in [0, 0.05) is 52.9 Å². The second kappa shape index (κ2) is 26.7. The van der Waals surface area contributed by atoms with Gasteiger partial charge in [-0.15, -0.1) is 0 Å². The van der Waals surface area contributed by atoms with Gasteiger partial charge in [0.1, 0.15) is 0 Å². The first-order chi connectivity index (χ1) is 21.3. The average Bonchev–Trinajstić information content (AvgIpc) is 3.01. The highest BCUT2D eigenvalue weighted by Gasteiger charge is 2.68. The maximum absolute atomic E-state index is 7.06. The zero-order chi connectivity index (χ0) is 33.2. The molecule has 44 heavy (non-hydrogen) atoms. The van der Waals surface area contributed by atoms with E-state index in [-0.39, 0.29) is 0 Å². The molecule has 0 aliphatic heterocycles. The molecule has 266 valence electrons. The van der Waals surface area contributed by atoms with Crippen LogP contribution in [-0.4, -0.2) is 79.6 Å². The fourth-order valence-corrected chi connectivity index (χ4v) is 17.7. The van der Waals surface area contributed by atoms with E-state index in [4.69, 9.17) is 36.0 Å². The van der Waals surface area contributed by atoms with Crippen molar-refractivity contribution in [2.45, 2.75) is 155 Å². The number of rotatable bonds is 33. The predicted molar refractivity (Wildman–Crippen MR) is 192 cm³/mol. The van der Waals surface area contributed by atoms with Crippen molar-refractivity contribution in [3.63, 3.8) is 0 Å². The quantitative estimate of drug-likeness (QED) is 0.0286. The van der Waals surface area contributed by atoms with Crippen molar-refractivity contribution >= 4 is 39.2 Å². The zero-order valence-corrected chi connectivity index (χ0v) is 33.9. The molecule has 0 amide bonds. The van der Waals surface area contributed by atoms with E-state index >= 15 is 0 Å². The fourth-order valence-electron chi connectivity index (χ4n) is 5.04. The smallest absolute Gasteiger partial charge is 0.372 e. The largest absolute Gasteiger partial charge is 0.546 e. The van der Waals surface area contributed by atoms with Crippen molar-refractivity contribution in [3.8, 4) is 0 Å². The van der Waals surface area contributed by atoms with Crippen LogP contribution in [-0.2, 0) is 36.0 Å². The molecule has 0 aliphatic rings. The first-order valence-corrected chi connectivity index (χ1v) is 23.4. The first kappa shape index (κ1) is 44.8. The van der Waals surface area contributed by atoms with Gasteiger partial charge in [-0.25, -0.2) is 0 Å². The highest BCUT2D eigenvalue weighted by atomic mass is 33.1. The lowest BCUT2D eigenvalue weighted by Crippen LogP contribution is -2.67. The summed E-state index contributed by atoms with van der Waals surface area (Å²) in [6, 6.07) is 0. The van der Waals surface area contributed by atoms with Gasteiger partial charge in [0.05, 0.1) is 0 Å². The number of hydrogen-bond donors (Lipinski definition) is 0. The van der Waals surface area contributed by atoms with Crippen LogP contribution in [0.25, 0.3) is 0 Å². The van der Waals surface area contributed by atoms with Gasteiger partial charge in [-0.2, -0.15) is 0 Å². The van der Waals surface area contributed by atoms with Crippen molar-refractivity contribution in [2.75, 3.05) is 52.9 Å². The van der Waals surface area contributed by atoms with Gasteiger partial charge >= 0.3 is 17.6 Å². The van der Waals surface area contributed by atoms with Gasteiger partial charge < -0.3 is 36.0 Å². The summed E-state index contributed by atoms with van der Waals surface area (Å²) in [6.07, 6.45) is 11.8. The van der Waals surface area contributed by atoms with Gasteiger partial charge in [-0.1, -0.05) is 87.8 Å². The molecule has 0 heterocycles. The second-order valence-corrected chi connectivity index (χ2v) is 19.7. The van der Waals surface area contributed by atoms with Crippen LogP contribution < -0.4 is 0 Å². The average molecular weight is 703 g/mol. The molecule has 0 saturated carbocycles. The summed E-state index contributed by atoms with van der Waals surface area (Å²) < 4.78 is 52.2. The Balaban J connectivity index is 7.35. The molecule has 12 heteroatoms. The summed E-state index contributed by atoms with van der Waals surface area (Å²) in [5.74, 6) is 0. The van der Waals surface area contributed by atoms with Gasteiger partial charge in [-0.3, -0.25) is 0 Å². The van der Waals surface area contributed by atoms with Gasteiger partial charge in [0.15, 0.2) is 9.11 Å². The molecule has 0 aromatic carbocycles. The third-order valence-corrected chi connectivity index (χ3v) is 19.9. The molecule has 0 N–H and O–H groups in total. The van der Waals surface area contributed by atoms with Crippen LogP contribution in [0.5, 0.6) is 0 Å². The van der Waals surface area contributed by atoms with E-state index < -0.39 is 26.7 Å². The Kier molecular flexibility index (Phi) is 27.2. The van der Waals surface area contributed by atoms with Crippen molar-refractivity contribution in [3.05, 3.63) is 0 Å². The maximum atomic E-state index is 7.06. The maximum Gasteiger partial charge on any atom is 0.546 e. The Morgan fingerprint density at radius 2 is 0.659 bits per heavy atom. The molecule has 8 nitrogen and oxygen atoms in total. The molecule has 2 atom stereocenters. The van der Waals surface area contributed by atoms with Gasteiger partial charge in [0.25, 0.3) is 0 Å². The normalized spacial score (nSPS) is 15.4. The molecule has 0 saturated heterocycles. The Morgan fingerprint density at radius 3 is 0.886 bits per heavy atom. The molecule has 0 fully saturated rings. The molecule has 0 spiro atoms. The first-order valence-electron chi connectivity index (χ1n) is 17.8. The number of hydrogen-bond acceptors (Lipinski definition) is 10. The van der Waals surface area contributed by atoms with E-state index in [1.165, 1.54) is 0 Å². The van der Waals surface area contributed by atoms with E-state index in [9.17, 15) is 0 Å². The van der Waals surface area contributed by atoms with Crippen LogP contribution in [0, 0.1) is 0 Å². The van der Waals surface area contributed by atoms with E-state index in [1.807, 2.05) is 41.5 Å². The van der Waals surface area contributed by atoms with Crippen LogP contribution in [0.3, 0.4) is 0 Å². The minimum Gasteiger partial charge on any atom is -0.372 e. The Bertz CT molecular complexity index is 582. The molecule has 0 radical (unpaired) electrons. The molecular formula is C32H70O8S2Si2. The van der Waals surface area contributed by atoms with Crippen molar-refractivity contribution in [1.29, 1.82) is 0 Å². The predicted octanol–water partition coefficient (Wildman–Crippen LogP) is 9.73. The summed E-state index contributed by atoms with van der Waals surface area (Å²) in [4.78, 5) is 0. The monoisotopic (exact) mass is 702 g/mol. The third kappa shape index (κ3) is 13.7. The van der Waals surface area contributed by atoms with E-state index in [2.05, 4.69) is 27.7 Å². The number of unbranched alkanes of at least 4 members (excludes halogenated alkanes) is 6. The molecule has 0 bridgehead atoms. The molecule has 0 aromatic rings. The highest BCUT2D eigenvalue weighted by molar-refractivity contribution is 8.78. The van der Waals surface area contributed by atoms with Crippen LogP contribution in [0.1, 0.15) is 146 Å². The van der Waals surface area contributed by atoms with E-state index in [0.29, 0.717) is 52.9 Å². The minimum atomic E-state index is -3.40. The van der Waals surface area contributed by atoms with E-state index in [1.54, 1.807) is 21.6 Å². The third-order valence-electron chi connectivity index (χ3n) is 7.14.